The van der Waals surface area contributed by atoms with Crippen molar-refractivity contribution in [2.24, 2.45) is 0 Å². The van der Waals surface area contributed by atoms with Gasteiger partial charge < -0.3 is 5.32 Å². The number of carbonyl (C=O) groups excluding carboxylic acids is 1. The lowest BCUT2D eigenvalue weighted by Crippen LogP contribution is -2.46. The number of likely N-dealkylation sites (tertiary alicyclic amines) is 1. The summed E-state index contributed by atoms with van der Waals surface area (Å²) in [5.74, 6) is -3.28. The van der Waals surface area contributed by atoms with E-state index in [1.54, 1.807) is 0 Å². The van der Waals surface area contributed by atoms with Crippen LogP contribution < -0.4 is 10.6 Å². The van der Waals surface area contributed by atoms with E-state index >= 15 is 0 Å². The topological polar surface area (TPSA) is 44.4 Å². The summed E-state index contributed by atoms with van der Waals surface area (Å²) in [5.41, 5.74) is 0.0655. The van der Waals surface area contributed by atoms with Gasteiger partial charge in [0.15, 0.2) is 0 Å². The van der Waals surface area contributed by atoms with Crippen LogP contribution >= 0.6 is 24.8 Å². The van der Waals surface area contributed by atoms with Crippen LogP contribution in [0.1, 0.15) is 24.0 Å². The SMILES string of the molecule is Cl.Cl.O=C(NC1CCN(Cc2ccc(C(F)(F)F)cc2)C1)C1CC(F)(F)CN1. The highest BCUT2D eigenvalue weighted by molar-refractivity contribution is 5.85. The van der Waals surface area contributed by atoms with Crippen LogP contribution in [0.2, 0.25) is 0 Å². The fourth-order valence-corrected chi connectivity index (χ4v) is 3.35. The minimum Gasteiger partial charge on any atom is -0.351 e. The third kappa shape index (κ3) is 6.43. The van der Waals surface area contributed by atoms with Crippen molar-refractivity contribution in [3.05, 3.63) is 35.4 Å². The normalized spacial score (nSPS) is 24.3. The first-order chi connectivity index (χ1) is 12.1. The number of amides is 1. The van der Waals surface area contributed by atoms with Gasteiger partial charge in [-0.1, -0.05) is 12.1 Å². The van der Waals surface area contributed by atoms with Gasteiger partial charge in [0, 0.05) is 32.1 Å². The summed E-state index contributed by atoms with van der Waals surface area (Å²) in [6, 6.07) is 3.97. The molecule has 0 bridgehead atoms. The van der Waals surface area contributed by atoms with Crippen LogP contribution in [-0.4, -0.2) is 48.4 Å². The number of rotatable bonds is 4. The van der Waals surface area contributed by atoms with E-state index < -0.39 is 42.6 Å². The minimum atomic E-state index is -4.35. The molecule has 1 aromatic rings. The van der Waals surface area contributed by atoms with Gasteiger partial charge in [0.2, 0.25) is 5.91 Å². The van der Waals surface area contributed by atoms with E-state index in [-0.39, 0.29) is 30.9 Å². The highest BCUT2D eigenvalue weighted by Gasteiger charge is 2.42. The second-order valence-electron chi connectivity index (χ2n) is 6.92. The quantitative estimate of drug-likeness (QED) is 0.693. The monoisotopic (exact) mass is 449 g/mol. The number of hydrogen-bond acceptors (Lipinski definition) is 3. The van der Waals surface area contributed by atoms with E-state index in [4.69, 9.17) is 0 Å². The fraction of sp³-hybridized carbons (Fsp3) is 0.588. The van der Waals surface area contributed by atoms with Crippen LogP contribution in [0.15, 0.2) is 24.3 Å². The molecule has 2 N–H and O–H groups in total. The molecule has 28 heavy (non-hydrogen) atoms. The number of alkyl halides is 5. The zero-order chi connectivity index (χ0) is 18.9. The smallest absolute Gasteiger partial charge is 0.351 e. The molecular weight excluding hydrogens is 428 g/mol. The summed E-state index contributed by atoms with van der Waals surface area (Å²) in [6.45, 7) is 1.20. The van der Waals surface area contributed by atoms with Gasteiger partial charge in [-0.15, -0.1) is 24.8 Å². The molecule has 2 aliphatic rings. The van der Waals surface area contributed by atoms with E-state index in [1.165, 1.54) is 12.1 Å². The van der Waals surface area contributed by atoms with Crippen LogP contribution in [0.5, 0.6) is 0 Å². The van der Waals surface area contributed by atoms with Crippen LogP contribution in [0.3, 0.4) is 0 Å². The molecule has 2 atom stereocenters. The van der Waals surface area contributed by atoms with Gasteiger partial charge in [-0.3, -0.25) is 15.0 Å². The molecule has 2 aliphatic heterocycles. The first-order valence-electron chi connectivity index (χ1n) is 8.42. The molecule has 0 aliphatic carbocycles. The molecule has 1 aromatic carbocycles. The van der Waals surface area contributed by atoms with Gasteiger partial charge in [0.25, 0.3) is 5.92 Å². The molecule has 3 rings (SSSR count). The Kier molecular flexibility index (Phi) is 8.49. The lowest BCUT2D eigenvalue weighted by Gasteiger charge is -2.18. The van der Waals surface area contributed by atoms with Crippen LogP contribution in [0.4, 0.5) is 22.0 Å². The number of halogens is 7. The van der Waals surface area contributed by atoms with Gasteiger partial charge in [0.1, 0.15) is 0 Å². The Morgan fingerprint density at radius 2 is 1.86 bits per heavy atom. The molecule has 0 radical (unpaired) electrons. The second kappa shape index (κ2) is 9.56. The molecule has 2 fully saturated rings. The maximum Gasteiger partial charge on any atom is 0.416 e. The van der Waals surface area contributed by atoms with Gasteiger partial charge in [-0.25, -0.2) is 8.78 Å². The van der Waals surface area contributed by atoms with Crippen molar-refractivity contribution in [3.8, 4) is 0 Å². The van der Waals surface area contributed by atoms with Crippen LogP contribution in [0, 0.1) is 0 Å². The average Bonchev–Trinajstić information content (AvgIpc) is 3.13. The van der Waals surface area contributed by atoms with E-state index in [2.05, 4.69) is 10.6 Å². The first kappa shape index (κ1) is 24.9. The number of nitrogens with zero attached hydrogens (tertiary/aromatic N) is 1. The number of benzene rings is 1. The Morgan fingerprint density at radius 1 is 1.21 bits per heavy atom. The molecule has 0 spiro atoms. The van der Waals surface area contributed by atoms with E-state index in [0.717, 1.165) is 17.7 Å². The summed E-state index contributed by atoms with van der Waals surface area (Å²) in [4.78, 5) is 14.1. The first-order valence-corrected chi connectivity index (χ1v) is 8.42. The Labute approximate surface area is 172 Å². The van der Waals surface area contributed by atoms with Crippen molar-refractivity contribution >= 4 is 30.7 Å². The predicted octanol–water partition coefficient (Wildman–Crippen LogP) is 3.24. The van der Waals surface area contributed by atoms with E-state index in [9.17, 15) is 26.7 Å². The molecule has 0 aromatic heterocycles. The summed E-state index contributed by atoms with van der Waals surface area (Å²) in [6.07, 6.45) is -4.18. The standard InChI is InChI=1S/C17H20F5N3O.2ClH/c18-16(19)7-14(23-10-16)15(26)24-13-5-6-25(9-13)8-11-1-3-12(4-2-11)17(20,21)22;;/h1-4,13-14,23H,5-10H2,(H,24,26);2*1H. The largest absolute Gasteiger partial charge is 0.416 e. The van der Waals surface area contributed by atoms with Gasteiger partial charge in [-0.05, 0) is 24.1 Å². The Bertz CT molecular complexity index is 657. The van der Waals surface area contributed by atoms with E-state index in [1.807, 2.05) is 4.90 Å². The van der Waals surface area contributed by atoms with Crippen molar-refractivity contribution in [1.29, 1.82) is 0 Å². The Morgan fingerprint density at radius 3 is 2.39 bits per heavy atom. The van der Waals surface area contributed by atoms with Crippen LogP contribution in [-0.2, 0) is 17.5 Å². The Hall–Kier alpha value is -1.16. The maximum atomic E-state index is 13.2. The average molecular weight is 450 g/mol. The zero-order valence-electron chi connectivity index (χ0n) is 14.8. The molecule has 160 valence electrons. The zero-order valence-corrected chi connectivity index (χ0v) is 16.4. The van der Waals surface area contributed by atoms with Crippen molar-refractivity contribution in [2.75, 3.05) is 19.6 Å². The van der Waals surface area contributed by atoms with Crippen LogP contribution in [0.25, 0.3) is 0 Å². The third-order valence-electron chi connectivity index (χ3n) is 4.73. The van der Waals surface area contributed by atoms with Crippen molar-refractivity contribution in [2.45, 2.75) is 43.6 Å². The second-order valence-corrected chi connectivity index (χ2v) is 6.92. The summed E-state index contributed by atoms with van der Waals surface area (Å²) in [7, 11) is 0. The Balaban J connectivity index is 0.00000196. The lowest BCUT2D eigenvalue weighted by molar-refractivity contribution is -0.137. The molecule has 2 saturated heterocycles. The minimum absolute atomic E-state index is 0. The van der Waals surface area contributed by atoms with Crippen molar-refractivity contribution < 1.29 is 26.7 Å². The molecular formula is C17H22Cl2F5N3O. The molecule has 11 heteroatoms. The van der Waals surface area contributed by atoms with Gasteiger partial charge >= 0.3 is 6.18 Å². The summed E-state index contributed by atoms with van der Waals surface area (Å²) >= 11 is 0. The van der Waals surface area contributed by atoms with Crippen molar-refractivity contribution in [1.82, 2.24) is 15.5 Å². The molecule has 4 nitrogen and oxygen atoms in total. The highest BCUT2D eigenvalue weighted by atomic mass is 35.5. The van der Waals surface area contributed by atoms with Gasteiger partial charge in [0.05, 0.1) is 18.2 Å². The molecule has 1 amide bonds. The number of hydrogen-bond donors (Lipinski definition) is 2. The molecule has 0 saturated carbocycles. The molecule has 2 unspecified atom stereocenters. The highest BCUT2D eigenvalue weighted by Crippen LogP contribution is 2.29. The van der Waals surface area contributed by atoms with Crippen molar-refractivity contribution in [3.63, 3.8) is 0 Å². The lowest BCUT2D eigenvalue weighted by atomic mass is 10.1. The third-order valence-corrected chi connectivity index (χ3v) is 4.73. The number of nitrogens with one attached hydrogen (secondary N) is 2. The fourth-order valence-electron chi connectivity index (χ4n) is 3.35. The summed E-state index contributed by atoms with van der Waals surface area (Å²) in [5, 5.41) is 5.30. The molecule has 2 heterocycles. The van der Waals surface area contributed by atoms with E-state index in [0.29, 0.717) is 26.1 Å². The maximum absolute atomic E-state index is 13.2. The number of carbonyl (C=O) groups is 1. The predicted molar refractivity (Wildman–Crippen MR) is 99.1 cm³/mol. The summed E-state index contributed by atoms with van der Waals surface area (Å²) < 4.78 is 64.0. The van der Waals surface area contributed by atoms with Gasteiger partial charge in [-0.2, -0.15) is 13.2 Å².